The summed E-state index contributed by atoms with van der Waals surface area (Å²) in [4.78, 5) is 14.1. The molecular formula is C16H26N4O. The number of anilines is 1. The molecule has 0 N–H and O–H groups in total. The molecule has 0 unspecified atom stereocenters. The summed E-state index contributed by atoms with van der Waals surface area (Å²) >= 11 is 0. The highest BCUT2D eigenvalue weighted by Crippen LogP contribution is 2.22. The Morgan fingerprint density at radius 3 is 2.52 bits per heavy atom. The molecule has 5 heteroatoms. The van der Waals surface area contributed by atoms with Gasteiger partial charge < -0.3 is 9.64 Å². The van der Waals surface area contributed by atoms with E-state index in [2.05, 4.69) is 28.6 Å². The van der Waals surface area contributed by atoms with Gasteiger partial charge in [-0.2, -0.15) is 0 Å². The van der Waals surface area contributed by atoms with Crippen LogP contribution in [0.3, 0.4) is 0 Å². The van der Waals surface area contributed by atoms with Gasteiger partial charge in [-0.25, -0.2) is 9.97 Å². The first-order valence-electron chi connectivity index (χ1n) is 8.13. The van der Waals surface area contributed by atoms with Gasteiger partial charge in [-0.3, -0.25) is 4.90 Å². The monoisotopic (exact) mass is 290 g/mol. The molecule has 2 saturated heterocycles. The van der Waals surface area contributed by atoms with Crippen LogP contribution < -0.4 is 4.90 Å². The Kier molecular flexibility index (Phi) is 4.70. The Morgan fingerprint density at radius 2 is 1.86 bits per heavy atom. The van der Waals surface area contributed by atoms with Crippen molar-refractivity contribution in [2.45, 2.75) is 38.6 Å². The molecule has 2 aliphatic heterocycles. The molecule has 2 fully saturated rings. The molecule has 0 saturated carbocycles. The standard InChI is InChI=1S/C16H26N4O/c1-13(2)16-17-6-3-15(18-16)20-7-4-14(5-8-20)19-9-11-21-12-10-19/h3,6,13-14H,4-5,7-12H2,1-2H3. The lowest BCUT2D eigenvalue weighted by Crippen LogP contribution is -2.49. The van der Waals surface area contributed by atoms with E-state index in [4.69, 9.17) is 9.72 Å². The van der Waals surface area contributed by atoms with Crippen molar-refractivity contribution in [1.29, 1.82) is 0 Å². The minimum Gasteiger partial charge on any atom is -0.379 e. The lowest BCUT2D eigenvalue weighted by Gasteiger charge is -2.40. The summed E-state index contributed by atoms with van der Waals surface area (Å²) in [6, 6.07) is 2.76. The summed E-state index contributed by atoms with van der Waals surface area (Å²) in [6.45, 7) is 10.4. The smallest absolute Gasteiger partial charge is 0.133 e. The van der Waals surface area contributed by atoms with Crippen LogP contribution in [0.15, 0.2) is 12.3 Å². The van der Waals surface area contributed by atoms with Crippen LogP contribution in [-0.4, -0.2) is 60.3 Å². The van der Waals surface area contributed by atoms with Gasteiger partial charge in [0, 0.05) is 44.3 Å². The van der Waals surface area contributed by atoms with E-state index in [1.165, 1.54) is 12.8 Å². The minimum atomic E-state index is 0.385. The van der Waals surface area contributed by atoms with Crippen molar-refractivity contribution in [3.63, 3.8) is 0 Å². The fraction of sp³-hybridized carbons (Fsp3) is 0.750. The van der Waals surface area contributed by atoms with Crippen molar-refractivity contribution in [2.24, 2.45) is 0 Å². The second kappa shape index (κ2) is 6.71. The summed E-state index contributed by atoms with van der Waals surface area (Å²) in [5.74, 6) is 2.42. The molecule has 116 valence electrons. The molecule has 0 bridgehead atoms. The van der Waals surface area contributed by atoms with Gasteiger partial charge in [-0.05, 0) is 18.9 Å². The number of piperidine rings is 1. The zero-order chi connectivity index (χ0) is 14.7. The molecule has 0 amide bonds. The average Bonchev–Trinajstić information content (AvgIpc) is 2.56. The Bertz CT molecular complexity index is 451. The summed E-state index contributed by atoms with van der Waals surface area (Å²) < 4.78 is 5.45. The van der Waals surface area contributed by atoms with Gasteiger partial charge in [0.1, 0.15) is 11.6 Å². The number of morpholine rings is 1. The molecule has 0 aliphatic carbocycles. The normalized spacial score (nSPS) is 22.0. The van der Waals surface area contributed by atoms with E-state index < -0.39 is 0 Å². The third-order valence-electron chi connectivity index (χ3n) is 4.53. The number of rotatable bonds is 3. The molecule has 21 heavy (non-hydrogen) atoms. The van der Waals surface area contributed by atoms with E-state index in [-0.39, 0.29) is 0 Å². The zero-order valence-corrected chi connectivity index (χ0v) is 13.2. The first-order valence-corrected chi connectivity index (χ1v) is 8.13. The molecule has 3 heterocycles. The largest absolute Gasteiger partial charge is 0.379 e. The maximum absolute atomic E-state index is 5.45. The van der Waals surface area contributed by atoms with Crippen LogP contribution in [-0.2, 0) is 4.74 Å². The summed E-state index contributed by atoms with van der Waals surface area (Å²) in [5, 5.41) is 0. The molecule has 0 spiro atoms. The third-order valence-corrected chi connectivity index (χ3v) is 4.53. The van der Waals surface area contributed by atoms with Crippen molar-refractivity contribution in [1.82, 2.24) is 14.9 Å². The van der Waals surface area contributed by atoms with E-state index in [0.717, 1.165) is 57.1 Å². The van der Waals surface area contributed by atoms with Gasteiger partial charge in [0.05, 0.1) is 13.2 Å². The molecule has 5 nitrogen and oxygen atoms in total. The fourth-order valence-corrected chi connectivity index (χ4v) is 3.22. The minimum absolute atomic E-state index is 0.385. The fourth-order valence-electron chi connectivity index (χ4n) is 3.22. The lowest BCUT2D eigenvalue weighted by molar-refractivity contribution is 0.0114. The highest BCUT2D eigenvalue weighted by Gasteiger charge is 2.26. The Hall–Kier alpha value is -1.20. The second-order valence-corrected chi connectivity index (χ2v) is 6.29. The lowest BCUT2D eigenvalue weighted by atomic mass is 10.0. The average molecular weight is 290 g/mol. The number of nitrogens with zero attached hydrogens (tertiary/aromatic N) is 4. The maximum atomic E-state index is 5.45. The Morgan fingerprint density at radius 1 is 1.14 bits per heavy atom. The number of ether oxygens (including phenoxy) is 1. The van der Waals surface area contributed by atoms with Gasteiger partial charge in [0.15, 0.2) is 0 Å². The van der Waals surface area contributed by atoms with Crippen molar-refractivity contribution < 1.29 is 4.74 Å². The van der Waals surface area contributed by atoms with E-state index in [1.807, 2.05) is 12.3 Å². The molecule has 0 radical (unpaired) electrons. The van der Waals surface area contributed by atoms with Gasteiger partial charge >= 0.3 is 0 Å². The number of aromatic nitrogens is 2. The van der Waals surface area contributed by atoms with Crippen molar-refractivity contribution in [3.8, 4) is 0 Å². The summed E-state index contributed by atoms with van der Waals surface area (Å²) in [5.41, 5.74) is 0. The molecular weight excluding hydrogens is 264 g/mol. The highest BCUT2D eigenvalue weighted by molar-refractivity contribution is 5.38. The zero-order valence-electron chi connectivity index (χ0n) is 13.2. The predicted molar refractivity (Wildman–Crippen MR) is 83.7 cm³/mol. The van der Waals surface area contributed by atoms with Gasteiger partial charge in [0.25, 0.3) is 0 Å². The molecule has 3 rings (SSSR count). The Labute approximate surface area is 127 Å². The van der Waals surface area contributed by atoms with Crippen LogP contribution in [0, 0.1) is 0 Å². The number of hydrogen-bond donors (Lipinski definition) is 0. The first kappa shape index (κ1) is 14.7. The molecule has 0 aromatic carbocycles. The van der Waals surface area contributed by atoms with Crippen LogP contribution in [0.5, 0.6) is 0 Å². The summed E-state index contributed by atoms with van der Waals surface area (Å²) in [6.07, 6.45) is 4.34. The molecule has 1 aromatic heterocycles. The van der Waals surface area contributed by atoms with Crippen molar-refractivity contribution in [2.75, 3.05) is 44.3 Å². The summed E-state index contributed by atoms with van der Waals surface area (Å²) in [7, 11) is 0. The van der Waals surface area contributed by atoms with Gasteiger partial charge in [-0.15, -0.1) is 0 Å². The van der Waals surface area contributed by atoms with Crippen molar-refractivity contribution >= 4 is 5.82 Å². The van der Waals surface area contributed by atoms with Gasteiger partial charge in [0.2, 0.25) is 0 Å². The topological polar surface area (TPSA) is 41.5 Å². The van der Waals surface area contributed by atoms with Crippen LogP contribution in [0.25, 0.3) is 0 Å². The van der Waals surface area contributed by atoms with Crippen LogP contribution in [0.2, 0.25) is 0 Å². The third kappa shape index (κ3) is 3.52. The first-order chi connectivity index (χ1) is 10.2. The van der Waals surface area contributed by atoms with Crippen LogP contribution in [0.4, 0.5) is 5.82 Å². The van der Waals surface area contributed by atoms with Crippen molar-refractivity contribution in [3.05, 3.63) is 18.1 Å². The van der Waals surface area contributed by atoms with E-state index in [9.17, 15) is 0 Å². The van der Waals surface area contributed by atoms with E-state index >= 15 is 0 Å². The molecule has 1 aromatic rings. The van der Waals surface area contributed by atoms with E-state index in [1.54, 1.807) is 0 Å². The van der Waals surface area contributed by atoms with Gasteiger partial charge in [-0.1, -0.05) is 13.8 Å². The predicted octanol–water partition coefficient (Wildman–Crippen LogP) is 1.90. The van der Waals surface area contributed by atoms with Crippen LogP contribution in [0.1, 0.15) is 38.4 Å². The SMILES string of the molecule is CC(C)c1nccc(N2CCC(N3CCOCC3)CC2)n1. The Balaban J connectivity index is 1.59. The highest BCUT2D eigenvalue weighted by atomic mass is 16.5. The molecule has 0 atom stereocenters. The molecule has 2 aliphatic rings. The maximum Gasteiger partial charge on any atom is 0.133 e. The quantitative estimate of drug-likeness (QED) is 0.850. The van der Waals surface area contributed by atoms with E-state index in [0.29, 0.717) is 5.92 Å². The van der Waals surface area contributed by atoms with Crippen LogP contribution >= 0.6 is 0 Å². The number of hydrogen-bond acceptors (Lipinski definition) is 5. The second-order valence-electron chi connectivity index (χ2n) is 6.29.